The van der Waals surface area contributed by atoms with Crippen molar-refractivity contribution in [2.24, 2.45) is 0 Å². The Labute approximate surface area is 114 Å². The van der Waals surface area contributed by atoms with E-state index in [1.807, 2.05) is 0 Å². The molecule has 98 valence electrons. The van der Waals surface area contributed by atoms with Gasteiger partial charge in [0.2, 0.25) is 4.58 Å². The molecular formula is C10H2Br2F6. The monoisotopic (exact) mass is 394 g/mol. The summed E-state index contributed by atoms with van der Waals surface area (Å²) in [6.45, 7) is 0. The summed E-state index contributed by atoms with van der Waals surface area (Å²) < 4.78 is 76.3. The van der Waals surface area contributed by atoms with E-state index in [1.54, 1.807) is 0 Å². The number of halogens is 8. The van der Waals surface area contributed by atoms with Crippen molar-refractivity contribution in [2.45, 2.75) is 10.7 Å². The van der Waals surface area contributed by atoms with E-state index < -0.39 is 49.6 Å². The van der Waals surface area contributed by atoms with Crippen molar-refractivity contribution in [2.75, 3.05) is 0 Å². The van der Waals surface area contributed by atoms with Crippen LogP contribution in [0.3, 0.4) is 0 Å². The molecule has 1 aliphatic carbocycles. The van der Waals surface area contributed by atoms with Crippen LogP contribution in [0.15, 0.2) is 10.3 Å². The second-order valence-corrected chi connectivity index (χ2v) is 5.51. The van der Waals surface area contributed by atoms with E-state index in [1.165, 1.54) is 0 Å². The van der Waals surface area contributed by atoms with Gasteiger partial charge in [-0.25, -0.2) is 26.3 Å². The number of rotatable bonds is 0. The van der Waals surface area contributed by atoms with Gasteiger partial charge in [-0.2, -0.15) is 0 Å². The average molecular weight is 396 g/mol. The van der Waals surface area contributed by atoms with Crippen molar-refractivity contribution in [3.8, 4) is 0 Å². The molecule has 2 unspecified atom stereocenters. The summed E-state index contributed by atoms with van der Waals surface area (Å²) in [5.41, 5.74) is -1.75. The van der Waals surface area contributed by atoms with Crippen molar-refractivity contribution in [1.82, 2.24) is 0 Å². The Hall–Kier alpha value is -0.500. The zero-order chi connectivity index (χ0) is 13.8. The van der Waals surface area contributed by atoms with E-state index in [9.17, 15) is 26.3 Å². The second kappa shape index (κ2) is 4.26. The maximum Gasteiger partial charge on any atom is 0.230 e. The standard InChI is InChI=1S/C10H2Br2F6/c11-5-2-1-3(13)9(17)10(12,18)4(2)6(14)8(16)7(5)15/h1,9H. The van der Waals surface area contributed by atoms with Gasteiger partial charge < -0.3 is 0 Å². The summed E-state index contributed by atoms with van der Waals surface area (Å²) in [6.07, 6.45) is -2.44. The zero-order valence-electron chi connectivity index (χ0n) is 8.18. The molecule has 0 spiro atoms. The van der Waals surface area contributed by atoms with E-state index in [4.69, 9.17) is 0 Å². The van der Waals surface area contributed by atoms with Crippen LogP contribution >= 0.6 is 31.9 Å². The minimum Gasteiger partial charge on any atom is -0.235 e. The number of hydrogen-bond acceptors (Lipinski definition) is 0. The first-order valence-electron chi connectivity index (χ1n) is 4.45. The number of allylic oxidation sites excluding steroid dienone is 1. The maximum absolute atomic E-state index is 14.0. The molecule has 0 fully saturated rings. The molecule has 0 bridgehead atoms. The third kappa shape index (κ3) is 1.72. The summed E-state index contributed by atoms with van der Waals surface area (Å²) in [5, 5.41) is 0. The average Bonchev–Trinajstić information content (AvgIpc) is 2.30. The minimum atomic E-state index is -3.30. The smallest absolute Gasteiger partial charge is 0.230 e. The fourth-order valence-corrected chi connectivity index (χ4v) is 2.71. The van der Waals surface area contributed by atoms with Crippen LogP contribution in [0.25, 0.3) is 6.08 Å². The molecule has 0 saturated carbocycles. The highest BCUT2D eigenvalue weighted by atomic mass is 79.9. The Morgan fingerprint density at radius 1 is 1.06 bits per heavy atom. The fraction of sp³-hybridized carbons (Fsp3) is 0.200. The van der Waals surface area contributed by atoms with Gasteiger partial charge in [0.05, 0.1) is 10.0 Å². The third-order valence-corrected chi connectivity index (χ3v) is 4.05. The predicted octanol–water partition coefficient (Wildman–Crippen LogP) is 5.05. The van der Waals surface area contributed by atoms with E-state index >= 15 is 0 Å². The number of alkyl halides is 3. The fourth-order valence-electron chi connectivity index (χ4n) is 1.62. The molecule has 0 saturated heterocycles. The molecule has 2 atom stereocenters. The van der Waals surface area contributed by atoms with Crippen LogP contribution in [0.2, 0.25) is 0 Å². The van der Waals surface area contributed by atoms with Gasteiger partial charge in [0, 0.05) is 5.56 Å². The highest BCUT2D eigenvalue weighted by Crippen LogP contribution is 2.50. The van der Waals surface area contributed by atoms with Crippen molar-refractivity contribution in [3.05, 3.63) is 38.9 Å². The number of hydrogen-bond donors (Lipinski definition) is 0. The van der Waals surface area contributed by atoms with Gasteiger partial charge in [0.25, 0.3) is 0 Å². The van der Waals surface area contributed by atoms with Crippen LogP contribution in [0.5, 0.6) is 0 Å². The summed E-state index contributed by atoms with van der Waals surface area (Å²) in [7, 11) is 0. The Balaban J connectivity index is 2.92. The van der Waals surface area contributed by atoms with Crippen LogP contribution in [-0.2, 0) is 4.58 Å². The Kier molecular flexibility index (Phi) is 3.30. The second-order valence-electron chi connectivity index (χ2n) is 3.56. The van der Waals surface area contributed by atoms with Gasteiger partial charge >= 0.3 is 0 Å². The molecule has 0 aromatic heterocycles. The van der Waals surface area contributed by atoms with Gasteiger partial charge in [-0.05, 0) is 37.9 Å². The van der Waals surface area contributed by atoms with Gasteiger partial charge in [-0.3, -0.25) is 0 Å². The van der Waals surface area contributed by atoms with Crippen molar-refractivity contribution in [1.29, 1.82) is 0 Å². The molecule has 1 aliphatic rings. The molecule has 8 heteroatoms. The molecule has 0 aliphatic heterocycles. The highest BCUT2D eigenvalue weighted by molar-refractivity contribution is 9.10. The summed E-state index contributed by atoms with van der Waals surface area (Å²) in [6, 6.07) is 0. The molecule has 1 aromatic carbocycles. The third-order valence-electron chi connectivity index (χ3n) is 2.48. The zero-order valence-corrected chi connectivity index (χ0v) is 11.4. The SMILES string of the molecule is FC1=Cc2c(Br)c(F)c(F)c(F)c2C(F)(Br)C1F. The lowest BCUT2D eigenvalue weighted by molar-refractivity contribution is 0.142. The van der Waals surface area contributed by atoms with Gasteiger partial charge in [0.15, 0.2) is 23.6 Å². The lowest BCUT2D eigenvalue weighted by atomic mass is 9.92. The topological polar surface area (TPSA) is 0 Å². The van der Waals surface area contributed by atoms with Crippen molar-refractivity contribution >= 4 is 37.9 Å². The molecule has 2 rings (SSSR count). The first kappa shape index (κ1) is 13.9. The Morgan fingerprint density at radius 2 is 1.61 bits per heavy atom. The number of benzene rings is 1. The normalized spacial score (nSPS) is 26.9. The molecule has 0 heterocycles. The molecule has 0 N–H and O–H groups in total. The largest absolute Gasteiger partial charge is 0.235 e. The first-order chi connectivity index (χ1) is 8.19. The molecule has 0 amide bonds. The van der Waals surface area contributed by atoms with Crippen molar-refractivity contribution < 1.29 is 26.3 Å². The van der Waals surface area contributed by atoms with E-state index in [-0.39, 0.29) is 0 Å². The summed E-state index contributed by atoms with van der Waals surface area (Å²) in [4.78, 5) is 0. The van der Waals surface area contributed by atoms with Crippen LogP contribution in [0.1, 0.15) is 11.1 Å². The number of fused-ring (bicyclic) bond motifs is 1. The van der Waals surface area contributed by atoms with Crippen molar-refractivity contribution in [3.63, 3.8) is 0 Å². The van der Waals surface area contributed by atoms with E-state index in [0.29, 0.717) is 6.08 Å². The summed E-state index contributed by atoms with van der Waals surface area (Å²) >= 11 is 4.72. The predicted molar refractivity (Wildman–Crippen MR) is 59.7 cm³/mol. The molecule has 18 heavy (non-hydrogen) atoms. The highest BCUT2D eigenvalue weighted by Gasteiger charge is 2.49. The Bertz CT molecular complexity index is 566. The van der Waals surface area contributed by atoms with Gasteiger partial charge in [0.1, 0.15) is 5.83 Å². The van der Waals surface area contributed by atoms with Crippen LogP contribution in [0.4, 0.5) is 26.3 Å². The molecule has 1 aromatic rings. The maximum atomic E-state index is 14.0. The van der Waals surface area contributed by atoms with Gasteiger partial charge in [-0.15, -0.1) is 0 Å². The van der Waals surface area contributed by atoms with E-state index in [2.05, 4.69) is 31.9 Å². The van der Waals surface area contributed by atoms with Crippen LogP contribution in [-0.4, -0.2) is 6.17 Å². The summed E-state index contributed by atoms with van der Waals surface area (Å²) in [5.74, 6) is -7.08. The quantitative estimate of drug-likeness (QED) is 0.250. The van der Waals surface area contributed by atoms with E-state index in [0.717, 1.165) is 0 Å². The Morgan fingerprint density at radius 3 is 2.17 bits per heavy atom. The van der Waals surface area contributed by atoms with Crippen LogP contribution in [0, 0.1) is 17.5 Å². The van der Waals surface area contributed by atoms with Crippen LogP contribution < -0.4 is 0 Å². The lowest BCUT2D eigenvalue weighted by Gasteiger charge is -2.29. The minimum absolute atomic E-state index is 0.411. The molecule has 0 radical (unpaired) electrons. The molecular weight excluding hydrogens is 394 g/mol. The lowest BCUT2D eigenvalue weighted by Crippen LogP contribution is -2.32. The molecule has 0 nitrogen and oxygen atoms in total. The first-order valence-corrected chi connectivity index (χ1v) is 6.03. The van der Waals surface area contributed by atoms with Gasteiger partial charge in [-0.1, -0.05) is 0 Å².